The Morgan fingerprint density at radius 1 is 1.28 bits per heavy atom. The van der Waals surface area contributed by atoms with E-state index in [0.717, 1.165) is 24.1 Å². The van der Waals surface area contributed by atoms with E-state index in [1.807, 2.05) is 36.9 Å². The van der Waals surface area contributed by atoms with E-state index in [1.54, 1.807) is 13.4 Å². The monoisotopic (exact) mass is 399 g/mol. The highest BCUT2D eigenvalue weighted by atomic mass is 16.5. The second-order valence-corrected chi connectivity index (χ2v) is 7.39. The van der Waals surface area contributed by atoms with Gasteiger partial charge in [-0.3, -0.25) is 9.69 Å². The number of ether oxygens (including phenoxy) is 4. The Balaban J connectivity index is 1.88. The standard InChI is InChI=1S/C23H29NO5/c1-16-15-28-17(2)24(16)12-11-19(14-23(25)27-4)18-9-10-21(26-3)22(13-18)29-20-7-5-6-8-20/h9-10,13,15,17,19-20H,5-8,14H2,1-4H3/t17?,19-/m0/s1. The molecule has 1 aliphatic carbocycles. The first kappa shape index (κ1) is 20.9. The van der Waals surface area contributed by atoms with Crippen LogP contribution in [0.15, 0.2) is 30.2 Å². The third kappa shape index (κ3) is 5.17. The second-order valence-electron chi connectivity index (χ2n) is 7.39. The fourth-order valence-corrected chi connectivity index (χ4v) is 3.62. The van der Waals surface area contributed by atoms with Crippen LogP contribution in [0.4, 0.5) is 0 Å². The molecule has 6 heteroatoms. The van der Waals surface area contributed by atoms with Crippen LogP contribution in [0.2, 0.25) is 0 Å². The van der Waals surface area contributed by atoms with Crippen LogP contribution in [0, 0.1) is 12.0 Å². The second kappa shape index (κ2) is 9.60. The lowest BCUT2D eigenvalue weighted by Gasteiger charge is -2.19. The summed E-state index contributed by atoms with van der Waals surface area (Å²) < 4.78 is 22.0. The summed E-state index contributed by atoms with van der Waals surface area (Å²) >= 11 is 0. The number of esters is 1. The van der Waals surface area contributed by atoms with Gasteiger partial charge in [-0.2, -0.15) is 0 Å². The highest BCUT2D eigenvalue weighted by Crippen LogP contribution is 2.35. The number of nitrogens with zero attached hydrogens (tertiary/aromatic N) is 1. The molecule has 156 valence electrons. The smallest absolute Gasteiger partial charge is 0.307 e. The summed E-state index contributed by atoms with van der Waals surface area (Å²) in [6, 6.07) is 8.88. The van der Waals surface area contributed by atoms with Crippen LogP contribution in [0.25, 0.3) is 0 Å². The predicted molar refractivity (Wildman–Crippen MR) is 109 cm³/mol. The highest BCUT2D eigenvalue weighted by molar-refractivity contribution is 5.71. The Morgan fingerprint density at radius 3 is 2.66 bits per heavy atom. The number of carbonyl (C=O) groups excluding carboxylic acids is 1. The zero-order valence-corrected chi connectivity index (χ0v) is 17.6. The number of carbonyl (C=O) groups is 1. The number of allylic oxidation sites excluding steroid dienone is 1. The van der Waals surface area contributed by atoms with Crippen LogP contribution in [0.3, 0.4) is 0 Å². The van der Waals surface area contributed by atoms with Crippen molar-refractivity contribution in [1.29, 1.82) is 0 Å². The van der Waals surface area contributed by atoms with Gasteiger partial charge in [0.05, 0.1) is 38.4 Å². The molecule has 1 aromatic rings. The molecule has 1 unspecified atom stereocenters. The average Bonchev–Trinajstić information content (AvgIpc) is 3.35. The van der Waals surface area contributed by atoms with E-state index < -0.39 is 0 Å². The Morgan fingerprint density at radius 2 is 2.03 bits per heavy atom. The SMILES string of the molecule is COC(=O)C[C@H](C#CN1C(C)=COC1C)c1ccc(OC)c(OC2CCCC2)c1. The molecule has 2 aliphatic rings. The Bertz CT molecular complexity index is 816. The normalized spacial score (nSPS) is 19.7. The Kier molecular flexibility index (Phi) is 6.92. The zero-order valence-electron chi connectivity index (χ0n) is 17.6. The van der Waals surface area contributed by atoms with Crippen molar-refractivity contribution in [2.24, 2.45) is 0 Å². The van der Waals surface area contributed by atoms with E-state index in [2.05, 4.69) is 12.0 Å². The lowest BCUT2D eigenvalue weighted by atomic mass is 9.96. The molecular weight excluding hydrogens is 370 g/mol. The number of rotatable bonds is 6. The first-order valence-corrected chi connectivity index (χ1v) is 10.1. The largest absolute Gasteiger partial charge is 0.493 e. The maximum Gasteiger partial charge on any atom is 0.307 e. The van der Waals surface area contributed by atoms with Gasteiger partial charge >= 0.3 is 5.97 Å². The molecule has 1 heterocycles. The lowest BCUT2D eigenvalue weighted by molar-refractivity contribution is -0.140. The summed E-state index contributed by atoms with van der Waals surface area (Å²) in [7, 11) is 3.02. The zero-order chi connectivity index (χ0) is 20.8. The van der Waals surface area contributed by atoms with E-state index in [1.165, 1.54) is 20.0 Å². The van der Waals surface area contributed by atoms with E-state index in [4.69, 9.17) is 18.9 Å². The molecule has 1 aromatic carbocycles. The lowest BCUT2D eigenvalue weighted by Crippen LogP contribution is -2.22. The minimum Gasteiger partial charge on any atom is -0.493 e. The minimum absolute atomic E-state index is 0.154. The quantitative estimate of drug-likeness (QED) is 0.529. The van der Waals surface area contributed by atoms with E-state index in [9.17, 15) is 4.79 Å². The van der Waals surface area contributed by atoms with Crippen molar-refractivity contribution in [3.8, 4) is 23.5 Å². The van der Waals surface area contributed by atoms with E-state index >= 15 is 0 Å². The van der Waals surface area contributed by atoms with Crippen LogP contribution in [-0.4, -0.2) is 37.4 Å². The summed E-state index contributed by atoms with van der Waals surface area (Å²) in [6.45, 7) is 3.87. The van der Waals surface area contributed by atoms with Gasteiger partial charge in [-0.25, -0.2) is 0 Å². The van der Waals surface area contributed by atoms with Crippen LogP contribution >= 0.6 is 0 Å². The number of hydrogen-bond acceptors (Lipinski definition) is 6. The summed E-state index contributed by atoms with van der Waals surface area (Å²) in [5, 5.41) is 0. The van der Waals surface area contributed by atoms with Gasteiger partial charge in [-0.15, -0.1) is 0 Å². The molecule has 0 radical (unpaired) electrons. The van der Waals surface area contributed by atoms with Gasteiger partial charge in [0, 0.05) is 6.04 Å². The average molecular weight is 399 g/mol. The van der Waals surface area contributed by atoms with Gasteiger partial charge in [0.2, 0.25) is 0 Å². The summed E-state index contributed by atoms with van der Waals surface area (Å²) in [5.74, 6) is 3.96. The number of benzene rings is 1. The van der Waals surface area contributed by atoms with Gasteiger partial charge in [-0.05, 0) is 57.2 Å². The molecule has 0 N–H and O–H groups in total. The number of hydrogen-bond donors (Lipinski definition) is 0. The maximum atomic E-state index is 12.0. The topological polar surface area (TPSA) is 57.2 Å². The molecule has 1 fully saturated rings. The molecule has 1 aliphatic heterocycles. The molecule has 6 nitrogen and oxygen atoms in total. The third-order valence-corrected chi connectivity index (χ3v) is 5.32. The van der Waals surface area contributed by atoms with E-state index in [0.29, 0.717) is 11.5 Å². The molecule has 0 amide bonds. The fourth-order valence-electron chi connectivity index (χ4n) is 3.62. The highest BCUT2D eigenvalue weighted by Gasteiger charge is 2.22. The van der Waals surface area contributed by atoms with Crippen LogP contribution in [0.5, 0.6) is 11.5 Å². The maximum absolute atomic E-state index is 12.0. The van der Waals surface area contributed by atoms with Gasteiger partial charge in [-0.1, -0.05) is 12.0 Å². The van der Waals surface area contributed by atoms with Crippen molar-refractivity contribution in [3.63, 3.8) is 0 Å². The predicted octanol–water partition coefficient (Wildman–Crippen LogP) is 4.16. The number of methoxy groups -OCH3 is 2. The fraction of sp³-hybridized carbons (Fsp3) is 0.522. The van der Waals surface area contributed by atoms with Crippen LogP contribution in [0.1, 0.15) is 57.4 Å². The summed E-state index contributed by atoms with van der Waals surface area (Å²) in [6.07, 6.45) is 6.38. The van der Waals surface area contributed by atoms with Crippen molar-refractivity contribution in [2.45, 2.75) is 64.2 Å². The molecule has 0 spiro atoms. The molecule has 0 saturated heterocycles. The van der Waals surface area contributed by atoms with E-state index in [-0.39, 0.29) is 30.6 Å². The third-order valence-electron chi connectivity index (χ3n) is 5.32. The van der Waals surface area contributed by atoms with Crippen molar-refractivity contribution < 1.29 is 23.7 Å². The minimum atomic E-state index is -0.333. The van der Waals surface area contributed by atoms with Gasteiger partial charge < -0.3 is 18.9 Å². The van der Waals surface area contributed by atoms with Crippen molar-refractivity contribution in [3.05, 3.63) is 35.7 Å². The Labute approximate surface area is 172 Å². The van der Waals surface area contributed by atoms with Crippen molar-refractivity contribution >= 4 is 5.97 Å². The van der Waals surface area contributed by atoms with Crippen molar-refractivity contribution in [1.82, 2.24) is 4.90 Å². The molecule has 1 saturated carbocycles. The van der Waals surface area contributed by atoms with Gasteiger partial charge in [0.15, 0.2) is 17.7 Å². The first-order valence-electron chi connectivity index (χ1n) is 10.1. The van der Waals surface area contributed by atoms with Crippen molar-refractivity contribution in [2.75, 3.05) is 14.2 Å². The summed E-state index contributed by atoms with van der Waals surface area (Å²) in [5.41, 5.74) is 1.83. The van der Waals surface area contributed by atoms with Crippen LogP contribution in [-0.2, 0) is 14.3 Å². The summed E-state index contributed by atoms with van der Waals surface area (Å²) in [4.78, 5) is 13.9. The Hall–Kier alpha value is -2.81. The first-order chi connectivity index (χ1) is 14.0. The molecule has 0 bridgehead atoms. The molecule has 29 heavy (non-hydrogen) atoms. The molecule has 0 aromatic heterocycles. The molecule has 3 rings (SSSR count). The van der Waals surface area contributed by atoms with Gasteiger partial charge in [0.25, 0.3) is 0 Å². The van der Waals surface area contributed by atoms with Crippen LogP contribution < -0.4 is 9.47 Å². The van der Waals surface area contributed by atoms with Gasteiger partial charge in [0.1, 0.15) is 6.26 Å². The molecule has 2 atom stereocenters. The molecular formula is C23H29NO5.